The molecule has 3 heterocycles. The minimum atomic E-state index is 0.762. The van der Waals surface area contributed by atoms with Gasteiger partial charge < -0.3 is 9.38 Å². The highest BCUT2D eigenvalue weighted by molar-refractivity contribution is 6.32. The Hall–Kier alpha value is -3.49. The Morgan fingerprint density at radius 3 is 2.14 bits per heavy atom. The van der Waals surface area contributed by atoms with Gasteiger partial charge >= 0.3 is 0 Å². The number of aromatic nitrogens is 2. The second-order valence-electron chi connectivity index (χ2n) is 7.66. The van der Waals surface area contributed by atoms with Gasteiger partial charge in [-0.15, -0.1) is 0 Å². The van der Waals surface area contributed by atoms with Crippen LogP contribution in [0.5, 0.6) is 0 Å². The van der Waals surface area contributed by atoms with Crippen molar-refractivity contribution in [3.63, 3.8) is 0 Å². The first-order valence-electron chi connectivity index (χ1n) is 9.74. The molecule has 2 nitrogen and oxygen atoms in total. The third kappa shape index (κ3) is 1.92. The van der Waals surface area contributed by atoms with Gasteiger partial charge in [0, 0.05) is 37.5 Å². The highest BCUT2D eigenvalue weighted by Crippen LogP contribution is 2.38. The van der Waals surface area contributed by atoms with Gasteiger partial charge in [-0.3, -0.25) is 0 Å². The number of nitrogens with zero attached hydrogens (tertiary/aromatic N) is 1. The van der Waals surface area contributed by atoms with Crippen molar-refractivity contribution in [2.45, 2.75) is 0 Å². The Bertz CT molecular complexity index is 1770. The minimum Gasteiger partial charge on any atom is -0.354 e. The molecule has 0 spiro atoms. The number of pyridine rings is 1. The molecular weight excluding hydrogens is 376 g/mol. The molecule has 0 aliphatic heterocycles. The zero-order chi connectivity index (χ0) is 19.1. The van der Waals surface area contributed by atoms with Gasteiger partial charge in [-0.2, -0.15) is 0 Å². The number of hydrogen-bond donors (Lipinski definition) is 1. The Morgan fingerprint density at radius 2 is 1.28 bits per heavy atom. The number of benzene rings is 4. The third-order valence-corrected chi connectivity index (χ3v) is 6.39. The lowest BCUT2D eigenvalue weighted by Gasteiger charge is -2.09. The van der Waals surface area contributed by atoms with Crippen LogP contribution in [0.1, 0.15) is 0 Å². The molecule has 3 heteroatoms. The molecule has 4 aromatic carbocycles. The Balaban J connectivity index is 1.79. The van der Waals surface area contributed by atoms with Gasteiger partial charge in [-0.25, -0.2) is 0 Å². The highest BCUT2D eigenvalue weighted by atomic mass is 35.5. The molecule has 7 aromatic rings. The molecule has 0 radical (unpaired) electrons. The van der Waals surface area contributed by atoms with E-state index in [4.69, 9.17) is 11.6 Å². The standard InChI is InChI=1S/C26H15ClN2/c27-15-9-11-22-20(13-15)19-10-12-24-21(26(19)28-22)14-25-18-7-2-1-5-16(18)17-6-3-4-8-23(17)29(24)25/h1-14,28H. The molecule has 0 fully saturated rings. The largest absolute Gasteiger partial charge is 0.354 e. The second-order valence-corrected chi connectivity index (χ2v) is 8.10. The van der Waals surface area contributed by atoms with Crippen LogP contribution in [0.4, 0.5) is 0 Å². The first-order chi connectivity index (χ1) is 14.3. The van der Waals surface area contributed by atoms with Crippen LogP contribution in [-0.4, -0.2) is 9.38 Å². The molecule has 0 bridgehead atoms. The van der Waals surface area contributed by atoms with E-state index in [2.05, 4.69) is 82.2 Å². The van der Waals surface area contributed by atoms with E-state index in [1.807, 2.05) is 12.1 Å². The summed E-state index contributed by atoms with van der Waals surface area (Å²) in [4.78, 5) is 3.63. The van der Waals surface area contributed by atoms with Crippen LogP contribution >= 0.6 is 11.6 Å². The number of hydrogen-bond acceptors (Lipinski definition) is 0. The van der Waals surface area contributed by atoms with Gasteiger partial charge in [0.15, 0.2) is 0 Å². The summed E-state index contributed by atoms with van der Waals surface area (Å²) >= 11 is 6.27. The van der Waals surface area contributed by atoms with Crippen molar-refractivity contribution < 1.29 is 0 Å². The van der Waals surface area contributed by atoms with E-state index in [1.54, 1.807) is 0 Å². The van der Waals surface area contributed by atoms with E-state index in [0.717, 1.165) is 16.1 Å². The van der Waals surface area contributed by atoms with Gasteiger partial charge in [0.05, 0.1) is 22.1 Å². The maximum Gasteiger partial charge on any atom is 0.0560 e. The maximum absolute atomic E-state index is 6.27. The van der Waals surface area contributed by atoms with E-state index in [1.165, 1.54) is 48.9 Å². The van der Waals surface area contributed by atoms with E-state index in [-0.39, 0.29) is 0 Å². The third-order valence-electron chi connectivity index (χ3n) is 6.15. The molecule has 29 heavy (non-hydrogen) atoms. The minimum absolute atomic E-state index is 0.762. The molecule has 0 saturated carbocycles. The summed E-state index contributed by atoms with van der Waals surface area (Å²) in [7, 11) is 0. The van der Waals surface area contributed by atoms with Crippen LogP contribution in [0.25, 0.3) is 59.9 Å². The quantitative estimate of drug-likeness (QED) is 0.256. The normalized spacial score (nSPS) is 12.3. The van der Waals surface area contributed by atoms with Crippen molar-refractivity contribution >= 4 is 71.5 Å². The molecule has 0 aliphatic rings. The van der Waals surface area contributed by atoms with Crippen molar-refractivity contribution in [3.8, 4) is 0 Å². The van der Waals surface area contributed by atoms with Crippen molar-refractivity contribution in [3.05, 3.63) is 90.0 Å². The van der Waals surface area contributed by atoms with Gasteiger partial charge in [-0.1, -0.05) is 60.1 Å². The number of para-hydroxylation sites is 1. The fourth-order valence-electron chi connectivity index (χ4n) is 4.92. The SMILES string of the molecule is Clc1ccc2[nH]c3c(ccc4c3cc3c5ccccc5c5ccccc5n34)c2c1. The lowest BCUT2D eigenvalue weighted by molar-refractivity contribution is 1.35. The highest BCUT2D eigenvalue weighted by Gasteiger charge is 2.15. The number of rotatable bonds is 0. The molecular formula is C26H15ClN2. The van der Waals surface area contributed by atoms with Crippen LogP contribution in [0, 0.1) is 0 Å². The van der Waals surface area contributed by atoms with Crippen LogP contribution in [0.15, 0.2) is 84.9 Å². The van der Waals surface area contributed by atoms with E-state index >= 15 is 0 Å². The van der Waals surface area contributed by atoms with Gasteiger partial charge in [0.1, 0.15) is 0 Å². The number of H-pyrrole nitrogens is 1. The smallest absolute Gasteiger partial charge is 0.0560 e. The summed E-state index contributed by atoms with van der Waals surface area (Å²) in [6.07, 6.45) is 0. The number of halogens is 1. The molecule has 0 atom stereocenters. The molecule has 0 aliphatic carbocycles. The van der Waals surface area contributed by atoms with Crippen LogP contribution in [0.2, 0.25) is 5.02 Å². The van der Waals surface area contributed by atoms with Crippen LogP contribution in [0.3, 0.4) is 0 Å². The molecule has 0 unspecified atom stereocenters. The Kier molecular flexibility index (Phi) is 2.83. The second kappa shape index (κ2) is 5.31. The summed E-state index contributed by atoms with van der Waals surface area (Å²) in [5.41, 5.74) is 5.96. The fourth-order valence-corrected chi connectivity index (χ4v) is 5.09. The van der Waals surface area contributed by atoms with E-state index in [0.29, 0.717) is 0 Å². The average molecular weight is 391 g/mol. The molecule has 0 amide bonds. The molecule has 1 N–H and O–H groups in total. The van der Waals surface area contributed by atoms with Crippen molar-refractivity contribution in [1.82, 2.24) is 9.38 Å². The predicted octanol–water partition coefficient (Wildman–Crippen LogP) is 7.69. The summed E-state index contributed by atoms with van der Waals surface area (Å²) in [5.74, 6) is 0. The van der Waals surface area contributed by atoms with E-state index < -0.39 is 0 Å². The lowest BCUT2D eigenvalue weighted by atomic mass is 10.1. The summed E-state index contributed by atoms with van der Waals surface area (Å²) in [5, 5.41) is 8.21. The molecule has 136 valence electrons. The van der Waals surface area contributed by atoms with Crippen molar-refractivity contribution in [2.24, 2.45) is 0 Å². The van der Waals surface area contributed by atoms with E-state index in [9.17, 15) is 0 Å². The monoisotopic (exact) mass is 390 g/mol. The molecule has 0 saturated heterocycles. The van der Waals surface area contributed by atoms with Crippen LogP contribution < -0.4 is 0 Å². The van der Waals surface area contributed by atoms with Crippen molar-refractivity contribution in [2.75, 3.05) is 0 Å². The van der Waals surface area contributed by atoms with Gasteiger partial charge in [-0.05, 0) is 41.8 Å². The van der Waals surface area contributed by atoms with Gasteiger partial charge in [0.2, 0.25) is 0 Å². The van der Waals surface area contributed by atoms with Gasteiger partial charge in [0.25, 0.3) is 0 Å². The topological polar surface area (TPSA) is 20.2 Å². The Labute approximate surface area is 170 Å². The maximum atomic E-state index is 6.27. The van der Waals surface area contributed by atoms with Crippen molar-refractivity contribution in [1.29, 1.82) is 0 Å². The Morgan fingerprint density at radius 1 is 0.552 bits per heavy atom. The average Bonchev–Trinajstić information content (AvgIpc) is 3.32. The molecule has 3 aromatic heterocycles. The zero-order valence-electron chi connectivity index (χ0n) is 15.4. The number of nitrogens with one attached hydrogen (secondary N) is 1. The molecule has 7 rings (SSSR count). The number of fused-ring (bicyclic) bond motifs is 12. The summed E-state index contributed by atoms with van der Waals surface area (Å²) in [6, 6.07) is 30.1. The van der Waals surface area contributed by atoms with Crippen LogP contribution in [-0.2, 0) is 0 Å². The predicted molar refractivity (Wildman–Crippen MR) is 124 cm³/mol. The number of aromatic amines is 1. The summed E-state index contributed by atoms with van der Waals surface area (Å²) in [6.45, 7) is 0. The lowest BCUT2D eigenvalue weighted by Crippen LogP contribution is -1.90. The summed E-state index contributed by atoms with van der Waals surface area (Å²) < 4.78 is 2.39. The zero-order valence-corrected chi connectivity index (χ0v) is 16.2. The first kappa shape index (κ1) is 15.4. The fraction of sp³-hybridized carbons (Fsp3) is 0. The first-order valence-corrected chi connectivity index (χ1v) is 10.1.